The van der Waals surface area contributed by atoms with E-state index in [1.54, 1.807) is 0 Å². The normalized spacial score (nSPS) is 11.8. The predicted octanol–water partition coefficient (Wildman–Crippen LogP) is 3.24. The molecule has 0 aliphatic heterocycles. The lowest BCUT2D eigenvalue weighted by Gasteiger charge is -2.15. The van der Waals surface area contributed by atoms with E-state index in [9.17, 15) is 14.0 Å². The van der Waals surface area contributed by atoms with E-state index in [1.165, 1.54) is 6.07 Å². The highest BCUT2D eigenvalue weighted by molar-refractivity contribution is 6.33. The monoisotopic (exact) mass is 302 g/mol. The smallest absolute Gasteiger partial charge is 0.326 e. The number of hydrogen-bond acceptors (Lipinski definition) is 2. The van der Waals surface area contributed by atoms with Gasteiger partial charge in [0.2, 0.25) is 0 Å². The van der Waals surface area contributed by atoms with E-state index in [-0.39, 0.29) is 10.7 Å². The molecule has 1 atom stereocenters. The molecule has 0 saturated carbocycles. The zero-order valence-electron chi connectivity index (χ0n) is 11.0. The minimum Gasteiger partial charge on any atom is -0.480 e. The van der Waals surface area contributed by atoms with Gasteiger partial charge in [-0.15, -0.1) is 0 Å². The second-order valence-electron chi connectivity index (χ2n) is 4.26. The molecule has 20 heavy (non-hydrogen) atoms. The van der Waals surface area contributed by atoms with Crippen LogP contribution in [0.5, 0.6) is 0 Å². The van der Waals surface area contributed by atoms with Crippen LogP contribution in [0.25, 0.3) is 0 Å². The molecule has 5 nitrogen and oxygen atoms in total. The molecule has 0 spiro atoms. The predicted molar refractivity (Wildman–Crippen MR) is 74.5 cm³/mol. The Hall–Kier alpha value is -1.82. The maximum absolute atomic E-state index is 13.0. The van der Waals surface area contributed by atoms with Crippen LogP contribution < -0.4 is 10.6 Å². The molecule has 3 N–H and O–H groups in total. The number of aliphatic carboxylic acids is 1. The zero-order chi connectivity index (χ0) is 15.1. The number of carboxylic acids is 1. The van der Waals surface area contributed by atoms with Crippen LogP contribution in [0.1, 0.15) is 26.2 Å². The van der Waals surface area contributed by atoms with Gasteiger partial charge in [0, 0.05) is 0 Å². The van der Waals surface area contributed by atoms with Crippen LogP contribution in [-0.4, -0.2) is 23.1 Å². The van der Waals surface area contributed by atoms with Gasteiger partial charge >= 0.3 is 12.0 Å². The van der Waals surface area contributed by atoms with E-state index >= 15 is 0 Å². The molecule has 110 valence electrons. The first-order valence-corrected chi connectivity index (χ1v) is 6.57. The highest BCUT2D eigenvalue weighted by Crippen LogP contribution is 2.22. The van der Waals surface area contributed by atoms with Crippen LogP contribution in [0, 0.1) is 5.82 Å². The molecule has 0 radical (unpaired) electrons. The lowest BCUT2D eigenvalue weighted by Crippen LogP contribution is -2.43. The summed E-state index contributed by atoms with van der Waals surface area (Å²) in [4.78, 5) is 22.7. The Morgan fingerprint density at radius 2 is 2.15 bits per heavy atom. The third-order valence-corrected chi connectivity index (χ3v) is 2.96. The summed E-state index contributed by atoms with van der Waals surface area (Å²) in [6, 6.07) is 1.80. The first-order valence-electron chi connectivity index (χ1n) is 6.19. The third kappa shape index (κ3) is 5.05. The van der Waals surface area contributed by atoms with Crippen molar-refractivity contribution in [2.45, 2.75) is 32.2 Å². The Balaban J connectivity index is 2.65. The van der Waals surface area contributed by atoms with Crippen LogP contribution in [0.15, 0.2) is 18.2 Å². The summed E-state index contributed by atoms with van der Waals surface area (Å²) in [5, 5.41) is 13.8. The molecule has 7 heteroatoms. The Bertz CT molecular complexity index is 497. The van der Waals surface area contributed by atoms with Crippen LogP contribution in [0.3, 0.4) is 0 Å². The van der Waals surface area contributed by atoms with Crippen LogP contribution >= 0.6 is 11.6 Å². The number of unbranched alkanes of at least 4 members (excludes halogenated alkanes) is 1. The minimum atomic E-state index is -1.11. The number of carbonyl (C=O) groups is 2. The van der Waals surface area contributed by atoms with Gasteiger partial charge in [-0.1, -0.05) is 31.4 Å². The molecule has 0 aliphatic rings. The summed E-state index contributed by atoms with van der Waals surface area (Å²) in [5.74, 6) is -1.66. The standard InChI is InChI=1S/C13H16ClFN2O3/c1-2-3-4-10(12(18)19)16-13(20)17-11-7-8(15)5-6-9(11)14/h5-7,10H,2-4H2,1H3,(H,18,19)(H2,16,17,20)/t10-/m0/s1. The first kappa shape index (κ1) is 16.2. The summed E-state index contributed by atoms with van der Waals surface area (Å²) in [5.41, 5.74) is 0.0868. The molecule has 1 rings (SSSR count). The molecular weight excluding hydrogens is 287 g/mol. The number of halogens is 2. The van der Waals surface area contributed by atoms with Crippen molar-refractivity contribution in [2.24, 2.45) is 0 Å². The Morgan fingerprint density at radius 1 is 1.45 bits per heavy atom. The summed E-state index contributed by atoms with van der Waals surface area (Å²) >= 11 is 5.80. The zero-order valence-corrected chi connectivity index (χ0v) is 11.7. The number of carbonyl (C=O) groups excluding carboxylic acids is 1. The van der Waals surface area contributed by atoms with E-state index in [2.05, 4.69) is 10.6 Å². The van der Waals surface area contributed by atoms with Gasteiger partial charge < -0.3 is 15.7 Å². The number of amides is 2. The average Bonchev–Trinajstić information content (AvgIpc) is 2.38. The quantitative estimate of drug-likeness (QED) is 0.755. The molecule has 1 aromatic rings. The fraction of sp³-hybridized carbons (Fsp3) is 0.385. The van der Waals surface area contributed by atoms with Crippen LogP contribution in [-0.2, 0) is 4.79 Å². The van der Waals surface area contributed by atoms with Crippen molar-refractivity contribution < 1.29 is 19.1 Å². The Morgan fingerprint density at radius 3 is 2.75 bits per heavy atom. The lowest BCUT2D eigenvalue weighted by atomic mass is 10.1. The largest absolute Gasteiger partial charge is 0.480 e. The minimum absolute atomic E-state index is 0.0868. The van der Waals surface area contributed by atoms with Crippen molar-refractivity contribution in [3.8, 4) is 0 Å². The molecule has 0 unspecified atom stereocenters. The summed E-state index contributed by atoms with van der Waals surface area (Å²) < 4.78 is 13.0. The van der Waals surface area contributed by atoms with Crippen molar-refractivity contribution in [2.75, 3.05) is 5.32 Å². The highest BCUT2D eigenvalue weighted by Gasteiger charge is 2.19. The van der Waals surface area contributed by atoms with Gasteiger partial charge in [-0.3, -0.25) is 0 Å². The Labute approximate surface area is 121 Å². The van der Waals surface area contributed by atoms with Gasteiger partial charge in [0.25, 0.3) is 0 Å². The van der Waals surface area contributed by atoms with Crippen molar-refractivity contribution in [1.29, 1.82) is 0 Å². The van der Waals surface area contributed by atoms with E-state index in [1.807, 2.05) is 6.92 Å². The van der Waals surface area contributed by atoms with E-state index < -0.39 is 23.9 Å². The van der Waals surface area contributed by atoms with E-state index in [0.717, 1.165) is 18.6 Å². The van der Waals surface area contributed by atoms with Crippen molar-refractivity contribution in [3.05, 3.63) is 29.0 Å². The van der Waals surface area contributed by atoms with Crippen molar-refractivity contribution in [1.82, 2.24) is 5.32 Å². The molecule has 1 aromatic carbocycles. The van der Waals surface area contributed by atoms with Gasteiger partial charge in [-0.2, -0.15) is 0 Å². The van der Waals surface area contributed by atoms with Gasteiger partial charge in [-0.25, -0.2) is 14.0 Å². The molecule has 0 aliphatic carbocycles. The fourth-order valence-electron chi connectivity index (χ4n) is 1.58. The number of benzene rings is 1. The van der Waals surface area contributed by atoms with Crippen LogP contribution in [0.4, 0.5) is 14.9 Å². The first-order chi connectivity index (χ1) is 9.43. The molecule has 0 saturated heterocycles. The number of hydrogen-bond donors (Lipinski definition) is 3. The van der Waals surface area contributed by atoms with Gasteiger partial charge in [0.05, 0.1) is 10.7 Å². The van der Waals surface area contributed by atoms with Crippen LogP contribution in [0.2, 0.25) is 5.02 Å². The number of carboxylic acid groups (broad SMARTS) is 1. The van der Waals surface area contributed by atoms with E-state index in [0.29, 0.717) is 12.8 Å². The maximum atomic E-state index is 13.0. The highest BCUT2D eigenvalue weighted by atomic mass is 35.5. The molecular formula is C13H16ClFN2O3. The maximum Gasteiger partial charge on any atom is 0.326 e. The molecule has 0 heterocycles. The third-order valence-electron chi connectivity index (χ3n) is 2.63. The van der Waals surface area contributed by atoms with Gasteiger partial charge in [-0.05, 0) is 24.6 Å². The van der Waals surface area contributed by atoms with E-state index in [4.69, 9.17) is 16.7 Å². The second kappa shape index (κ2) is 7.69. The number of urea groups is 1. The summed E-state index contributed by atoms with van der Waals surface area (Å²) in [7, 11) is 0. The number of rotatable bonds is 6. The number of nitrogens with one attached hydrogen (secondary N) is 2. The van der Waals surface area contributed by atoms with Gasteiger partial charge in [0.15, 0.2) is 0 Å². The summed E-state index contributed by atoms with van der Waals surface area (Å²) in [6.45, 7) is 1.92. The topological polar surface area (TPSA) is 78.4 Å². The molecule has 2 amide bonds. The number of anilines is 1. The van der Waals surface area contributed by atoms with Gasteiger partial charge in [0.1, 0.15) is 11.9 Å². The SMILES string of the molecule is CCCC[C@H](NC(=O)Nc1cc(F)ccc1Cl)C(=O)O. The van der Waals surface area contributed by atoms with Crippen molar-refractivity contribution >= 4 is 29.3 Å². The second-order valence-corrected chi connectivity index (χ2v) is 4.66. The molecule has 0 fully saturated rings. The average molecular weight is 303 g/mol. The molecule has 0 bridgehead atoms. The summed E-state index contributed by atoms with van der Waals surface area (Å²) in [6.07, 6.45) is 1.83. The Kier molecular flexibility index (Phi) is 6.24. The fourth-order valence-corrected chi connectivity index (χ4v) is 1.74. The molecule has 0 aromatic heterocycles. The van der Waals surface area contributed by atoms with Crippen molar-refractivity contribution in [3.63, 3.8) is 0 Å². The lowest BCUT2D eigenvalue weighted by molar-refractivity contribution is -0.139.